The molecule has 2 aromatic carbocycles. The first-order chi connectivity index (χ1) is 18.3. The number of pyridine rings is 1. The number of carbonyl (C=O) groups excluding carboxylic acids is 2. The van der Waals surface area contributed by atoms with Crippen LogP contribution in [0.25, 0.3) is 10.9 Å². The van der Waals surface area contributed by atoms with Crippen LogP contribution in [0.1, 0.15) is 38.7 Å². The highest BCUT2D eigenvalue weighted by Crippen LogP contribution is 2.36. The molecule has 2 aliphatic heterocycles. The summed E-state index contributed by atoms with van der Waals surface area (Å²) >= 11 is 0. The predicted molar refractivity (Wildman–Crippen MR) is 140 cm³/mol. The van der Waals surface area contributed by atoms with E-state index in [0.717, 1.165) is 77.3 Å². The Balaban J connectivity index is 1.46. The first-order valence-corrected chi connectivity index (χ1v) is 14.0. The highest BCUT2D eigenvalue weighted by molar-refractivity contribution is 7.92. The van der Waals surface area contributed by atoms with Crippen molar-refractivity contribution in [3.63, 3.8) is 0 Å². The molecule has 2 saturated heterocycles. The average molecular weight is 561 g/mol. The van der Waals surface area contributed by atoms with E-state index in [0.29, 0.717) is 0 Å². The number of piperidine rings is 1. The molecular formula is C27H27F3N4O4S. The third kappa shape index (κ3) is 4.60. The van der Waals surface area contributed by atoms with E-state index < -0.39 is 37.7 Å². The first-order valence-electron chi connectivity index (χ1n) is 12.5. The second kappa shape index (κ2) is 9.51. The van der Waals surface area contributed by atoms with Crippen LogP contribution in [0.5, 0.6) is 0 Å². The molecule has 2 aliphatic rings. The molecule has 0 unspecified atom stereocenters. The Hall–Kier alpha value is -3.67. The second-order valence-electron chi connectivity index (χ2n) is 10.2. The summed E-state index contributed by atoms with van der Waals surface area (Å²) in [4.78, 5) is 35.0. The van der Waals surface area contributed by atoms with Crippen molar-refractivity contribution in [2.45, 2.75) is 55.6 Å². The molecule has 1 aromatic heterocycles. The number of rotatable bonds is 5. The third-order valence-corrected chi connectivity index (χ3v) is 8.90. The summed E-state index contributed by atoms with van der Waals surface area (Å²) in [6, 6.07) is 10.7. The molecule has 0 aliphatic carbocycles. The zero-order chi connectivity index (χ0) is 28.2. The van der Waals surface area contributed by atoms with Gasteiger partial charge >= 0.3 is 11.5 Å². The number of benzene rings is 2. The smallest absolute Gasteiger partial charge is 0.372 e. The third-order valence-electron chi connectivity index (χ3n) is 7.40. The first kappa shape index (κ1) is 26.9. The number of amides is 3. The van der Waals surface area contributed by atoms with Gasteiger partial charge in [-0.1, -0.05) is 0 Å². The topological polar surface area (TPSA) is 90.9 Å². The lowest BCUT2D eigenvalue weighted by Gasteiger charge is -2.30. The Morgan fingerprint density at radius 2 is 1.56 bits per heavy atom. The highest BCUT2D eigenvalue weighted by Gasteiger charge is 2.52. The normalized spacial score (nSPS) is 18.3. The molecule has 0 atom stereocenters. The largest absolute Gasteiger partial charge is 0.501 e. The van der Waals surface area contributed by atoms with Crippen LogP contribution in [0.15, 0.2) is 59.6 Å². The number of sulfone groups is 1. The van der Waals surface area contributed by atoms with Gasteiger partial charge in [-0.2, -0.15) is 13.2 Å². The number of fused-ring (bicyclic) bond motifs is 1. The maximum absolute atomic E-state index is 13.5. The summed E-state index contributed by atoms with van der Waals surface area (Å²) in [6.07, 6.45) is 5.09. The van der Waals surface area contributed by atoms with Gasteiger partial charge in [0.05, 0.1) is 16.1 Å². The Morgan fingerprint density at radius 1 is 0.923 bits per heavy atom. The molecule has 3 aromatic rings. The number of hydrogen-bond acceptors (Lipinski definition) is 6. The number of alkyl halides is 3. The van der Waals surface area contributed by atoms with Crippen molar-refractivity contribution in [1.29, 1.82) is 0 Å². The van der Waals surface area contributed by atoms with E-state index in [9.17, 15) is 31.2 Å². The van der Waals surface area contributed by atoms with E-state index in [4.69, 9.17) is 0 Å². The Morgan fingerprint density at radius 3 is 2.21 bits per heavy atom. The van der Waals surface area contributed by atoms with Gasteiger partial charge in [0.2, 0.25) is 0 Å². The number of carbonyl (C=O) groups is 2. The van der Waals surface area contributed by atoms with Crippen molar-refractivity contribution in [3.8, 4) is 0 Å². The zero-order valence-electron chi connectivity index (χ0n) is 21.4. The molecule has 5 rings (SSSR count). The van der Waals surface area contributed by atoms with Gasteiger partial charge in [0.1, 0.15) is 5.54 Å². The van der Waals surface area contributed by atoms with Crippen LogP contribution < -0.4 is 9.80 Å². The minimum Gasteiger partial charge on any atom is -0.372 e. The van der Waals surface area contributed by atoms with Gasteiger partial charge in [-0.3, -0.25) is 9.78 Å². The SMILES string of the molecule is CC1(C)C(=O)N(c2ccc(S(=O)(=O)C(F)(F)F)cc2)C(=O)N1Cc1ccnc2ccc(N3CCCCC3)cc12. The van der Waals surface area contributed by atoms with Crippen molar-refractivity contribution in [3.05, 3.63) is 60.3 Å². The van der Waals surface area contributed by atoms with Crippen LogP contribution in [0, 0.1) is 0 Å². The molecule has 0 radical (unpaired) electrons. The maximum atomic E-state index is 13.5. The molecule has 0 N–H and O–H groups in total. The van der Waals surface area contributed by atoms with E-state index in [1.165, 1.54) is 11.3 Å². The van der Waals surface area contributed by atoms with Gasteiger partial charge in [0, 0.05) is 36.9 Å². The average Bonchev–Trinajstić information content (AvgIpc) is 3.07. The van der Waals surface area contributed by atoms with Gasteiger partial charge in [-0.15, -0.1) is 0 Å². The molecule has 0 bridgehead atoms. The molecule has 3 heterocycles. The summed E-state index contributed by atoms with van der Waals surface area (Å²) in [6.45, 7) is 5.21. The Labute approximate surface area is 223 Å². The minimum absolute atomic E-state index is 0.0197. The fourth-order valence-electron chi connectivity index (χ4n) is 5.08. The molecule has 0 spiro atoms. The predicted octanol–water partition coefficient (Wildman–Crippen LogP) is 5.27. The molecule has 0 saturated carbocycles. The molecule has 206 valence electrons. The van der Waals surface area contributed by atoms with Crippen LogP contribution in [-0.2, 0) is 21.2 Å². The lowest BCUT2D eigenvalue weighted by Crippen LogP contribution is -2.43. The van der Waals surface area contributed by atoms with Crippen LogP contribution in [0.2, 0.25) is 0 Å². The number of halogens is 3. The van der Waals surface area contributed by atoms with E-state index in [-0.39, 0.29) is 12.2 Å². The molecule has 3 amide bonds. The van der Waals surface area contributed by atoms with Gasteiger partial charge in [-0.25, -0.2) is 18.1 Å². The lowest BCUT2D eigenvalue weighted by molar-refractivity contribution is -0.123. The number of anilines is 2. The number of nitrogens with zero attached hydrogens (tertiary/aromatic N) is 4. The quantitative estimate of drug-likeness (QED) is 0.395. The molecule has 12 heteroatoms. The number of aromatic nitrogens is 1. The van der Waals surface area contributed by atoms with Crippen LogP contribution >= 0.6 is 0 Å². The highest BCUT2D eigenvalue weighted by atomic mass is 32.2. The van der Waals surface area contributed by atoms with Gasteiger partial charge in [0.15, 0.2) is 0 Å². The zero-order valence-corrected chi connectivity index (χ0v) is 22.2. The number of imide groups is 1. The fourth-order valence-corrected chi connectivity index (χ4v) is 5.85. The summed E-state index contributed by atoms with van der Waals surface area (Å²) in [7, 11) is -5.56. The van der Waals surface area contributed by atoms with E-state index in [2.05, 4.69) is 16.0 Å². The number of urea groups is 1. The van der Waals surface area contributed by atoms with Gasteiger partial charge in [-0.05, 0) is 87.2 Å². The minimum atomic E-state index is -5.56. The van der Waals surface area contributed by atoms with Crippen molar-refractivity contribution < 1.29 is 31.2 Å². The van der Waals surface area contributed by atoms with E-state index >= 15 is 0 Å². The number of hydrogen-bond donors (Lipinski definition) is 0. The van der Waals surface area contributed by atoms with Crippen LogP contribution in [-0.4, -0.2) is 54.4 Å². The second-order valence-corrected chi connectivity index (χ2v) is 12.2. The molecule has 2 fully saturated rings. The molecule has 39 heavy (non-hydrogen) atoms. The summed E-state index contributed by atoms with van der Waals surface area (Å²) in [5.74, 6) is -0.578. The molecular weight excluding hydrogens is 533 g/mol. The monoisotopic (exact) mass is 560 g/mol. The fraction of sp³-hybridized carbons (Fsp3) is 0.370. The van der Waals surface area contributed by atoms with Crippen LogP contribution in [0.4, 0.5) is 29.3 Å². The van der Waals surface area contributed by atoms with E-state index in [1.807, 2.05) is 12.1 Å². The van der Waals surface area contributed by atoms with Crippen molar-refractivity contribution in [2.75, 3.05) is 22.9 Å². The maximum Gasteiger partial charge on any atom is 0.501 e. The Kier molecular flexibility index (Phi) is 6.56. The van der Waals surface area contributed by atoms with Crippen LogP contribution in [0.3, 0.4) is 0 Å². The molecule has 8 nitrogen and oxygen atoms in total. The van der Waals surface area contributed by atoms with Gasteiger partial charge < -0.3 is 9.80 Å². The van der Waals surface area contributed by atoms with Crippen molar-refractivity contribution >= 4 is 44.1 Å². The summed E-state index contributed by atoms with van der Waals surface area (Å²) in [5, 5.41) is 0.858. The Bertz CT molecular complexity index is 1550. The summed E-state index contributed by atoms with van der Waals surface area (Å²) in [5.41, 5.74) is -4.14. The summed E-state index contributed by atoms with van der Waals surface area (Å²) < 4.78 is 62.2. The lowest BCUT2D eigenvalue weighted by atomic mass is 10.0. The van der Waals surface area contributed by atoms with Crippen molar-refractivity contribution in [1.82, 2.24) is 9.88 Å². The van der Waals surface area contributed by atoms with Crippen molar-refractivity contribution in [2.24, 2.45) is 0 Å². The standard InChI is InChI=1S/C27H27F3N4O4S/c1-26(2)24(35)34(19-6-9-21(10-7-19)39(37,38)27(28,29)30)25(36)33(26)17-18-12-13-31-23-11-8-20(16-22(18)23)32-14-4-3-5-15-32/h6-13,16H,3-5,14-15,17H2,1-2H3. The van der Waals surface area contributed by atoms with E-state index in [1.54, 1.807) is 26.1 Å². The van der Waals surface area contributed by atoms with Gasteiger partial charge in [0.25, 0.3) is 15.7 Å².